The van der Waals surface area contributed by atoms with E-state index in [0.717, 1.165) is 53.0 Å². The fraction of sp³-hybridized carbons (Fsp3) is 0.231. The molecule has 1 fully saturated rings. The molecule has 4 nitrogen and oxygen atoms in total. The van der Waals surface area contributed by atoms with E-state index in [-0.39, 0.29) is 11.8 Å². The second kappa shape index (κ2) is 8.95. The van der Waals surface area contributed by atoms with Crippen molar-refractivity contribution in [3.63, 3.8) is 0 Å². The molecule has 3 aromatic carbocycles. The van der Waals surface area contributed by atoms with Crippen LogP contribution < -0.4 is 10.2 Å². The molecule has 0 spiro atoms. The Bertz CT molecular complexity index is 1040. The van der Waals surface area contributed by atoms with Crippen LogP contribution in [0.5, 0.6) is 0 Å². The molecule has 0 radical (unpaired) electrons. The third-order valence-electron chi connectivity index (χ3n) is 5.53. The van der Waals surface area contributed by atoms with Gasteiger partial charge < -0.3 is 10.2 Å². The summed E-state index contributed by atoms with van der Waals surface area (Å²) < 4.78 is 0. The van der Waals surface area contributed by atoms with Crippen molar-refractivity contribution in [1.82, 2.24) is 0 Å². The molecule has 2 amide bonds. The summed E-state index contributed by atoms with van der Waals surface area (Å²) in [6, 6.07) is 24.0. The summed E-state index contributed by atoms with van der Waals surface area (Å²) in [7, 11) is 0. The number of carbonyl (C=O) groups excluding carboxylic acids is 2. The van der Waals surface area contributed by atoms with Crippen LogP contribution in [0.3, 0.4) is 0 Å². The van der Waals surface area contributed by atoms with E-state index in [4.69, 9.17) is 0 Å². The first-order chi connectivity index (χ1) is 14.6. The number of nitrogens with one attached hydrogen (secondary N) is 1. The summed E-state index contributed by atoms with van der Waals surface area (Å²) in [4.78, 5) is 26.7. The molecule has 0 bridgehead atoms. The van der Waals surface area contributed by atoms with Crippen molar-refractivity contribution in [2.75, 3.05) is 16.8 Å². The molecule has 4 heteroatoms. The molecule has 30 heavy (non-hydrogen) atoms. The average Bonchev–Trinajstić information content (AvgIpc) is 2.77. The number of benzene rings is 3. The van der Waals surface area contributed by atoms with E-state index >= 15 is 0 Å². The van der Waals surface area contributed by atoms with Gasteiger partial charge in [0.25, 0.3) is 0 Å². The van der Waals surface area contributed by atoms with Gasteiger partial charge >= 0.3 is 0 Å². The van der Waals surface area contributed by atoms with E-state index in [1.165, 1.54) is 0 Å². The van der Waals surface area contributed by atoms with Gasteiger partial charge in [-0.25, -0.2) is 0 Å². The molecule has 1 aliphatic rings. The molecule has 0 unspecified atom stereocenters. The molecule has 1 N–H and O–H groups in total. The van der Waals surface area contributed by atoms with E-state index in [9.17, 15) is 9.59 Å². The zero-order chi connectivity index (χ0) is 20.9. The van der Waals surface area contributed by atoms with Crippen molar-refractivity contribution in [3.05, 3.63) is 83.9 Å². The van der Waals surface area contributed by atoms with Crippen LogP contribution in [-0.4, -0.2) is 18.4 Å². The molecule has 0 aliphatic carbocycles. The Hall–Kier alpha value is -3.40. The Morgan fingerprint density at radius 1 is 0.933 bits per heavy atom. The molecular formula is C26H26N2O2. The lowest BCUT2D eigenvalue weighted by atomic mass is 10.0. The Morgan fingerprint density at radius 2 is 1.67 bits per heavy atom. The van der Waals surface area contributed by atoms with E-state index in [1.54, 1.807) is 0 Å². The molecule has 1 heterocycles. The highest BCUT2D eigenvalue weighted by atomic mass is 16.2. The summed E-state index contributed by atoms with van der Waals surface area (Å²) >= 11 is 0. The highest BCUT2D eigenvalue weighted by Crippen LogP contribution is 2.28. The Labute approximate surface area is 177 Å². The summed E-state index contributed by atoms with van der Waals surface area (Å²) in [5.41, 5.74) is 5.91. The van der Waals surface area contributed by atoms with Gasteiger partial charge in [0.05, 0.1) is 6.42 Å². The SMILES string of the molecule is Cc1ccc(NC(=O)Cc2ccc(-c3ccccc3)cc2)cc1N1CCCCC1=O. The molecule has 0 atom stereocenters. The second-order valence-electron chi connectivity index (χ2n) is 7.79. The Balaban J connectivity index is 1.43. The van der Waals surface area contributed by atoms with Gasteiger partial charge in [-0.1, -0.05) is 60.7 Å². The third kappa shape index (κ3) is 4.60. The number of hydrogen-bond acceptors (Lipinski definition) is 2. The Morgan fingerprint density at radius 3 is 2.40 bits per heavy atom. The van der Waals surface area contributed by atoms with Crippen molar-refractivity contribution in [1.29, 1.82) is 0 Å². The highest BCUT2D eigenvalue weighted by molar-refractivity contribution is 5.97. The van der Waals surface area contributed by atoms with Crippen molar-refractivity contribution in [3.8, 4) is 11.1 Å². The predicted octanol–water partition coefficient (Wildman–Crippen LogP) is 5.36. The summed E-state index contributed by atoms with van der Waals surface area (Å²) in [5, 5.41) is 2.98. The van der Waals surface area contributed by atoms with Crippen LogP contribution in [0.15, 0.2) is 72.8 Å². The van der Waals surface area contributed by atoms with Crippen molar-refractivity contribution in [2.45, 2.75) is 32.6 Å². The molecule has 1 saturated heterocycles. The lowest BCUT2D eigenvalue weighted by Gasteiger charge is -2.28. The smallest absolute Gasteiger partial charge is 0.228 e. The highest BCUT2D eigenvalue weighted by Gasteiger charge is 2.21. The number of carbonyl (C=O) groups is 2. The Kier molecular flexibility index (Phi) is 5.94. The van der Waals surface area contributed by atoms with Gasteiger partial charge in [-0.3, -0.25) is 9.59 Å². The molecule has 152 valence electrons. The fourth-order valence-electron chi connectivity index (χ4n) is 3.87. The van der Waals surface area contributed by atoms with Crippen LogP contribution in [0, 0.1) is 6.92 Å². The van der Waals surface area contributed by atoms with E-state index < -0.39 is 0 Å². The van der Waals surface area contributed by atoms with Gasteiger partial charge in [-0.05, 0) is 54.2 Å². The van der Waals surface area contributed by atoms with Crippen LogP contribution in [0.2, 0.25) is 0 Å². The van der Waals surface area contributed by atoms with E-state index in [2.05, 4.69) is 17.4 Å². The quantitative estimate of drug-likeness (QED) is 0.629. The summed E-state index contributed by atoms with van der Waals surface area (Å²) in [6.45, 7) is 2.74. The van der Waals surface area contributed by atoms with Crippen LogP contribution >= 0.6 is 0 Å². The van der Waals surface area contributed by atoms with E-state index in [1.807, 2.05) is 72.5 Å². The first-order valence-electron chi connectivity index (χ1n) is 10.5. The van der Waals surface area contributed by atoms with Crippen LogP contribution in [0.25, 0.3) is 11.1 Å². The fourth-order valence-corrected chi connectivity index (χ4v) is 3.87. The standard InChI is InChI=1S/C26H26N2O2/c1-19-10-15-23(18-24(19)28-16-6-5-9-26(28)30)27-25(29)17-20-11-13-22(14-12-20)21-7-3-2-4-8-21/h2-4,7-8,10-15,18H,5-6,9,16-17H2,1H3,(H,27,29). The first kappa shape index (κ1) is 19.9. The number of hydrogen-bond donors (Lipinski definition) is 1. The molecule has 0 aromatic heterocycles. The molecular weight excluding hydrogens is 372 g/mol. The largest absolute Gasteiger partial charge is 0.326 e. The van der Waals surface area contributed by atoms with Crippen molar-refractivity contribution in [2.24, 2.45) is 0 Å². The van der Waals surface area contributed by atoms with Gasteiger partial charge in [0.15, 0.2) is 0 Å². The lowest BCUT2D eigenvalue weighted by molar-refractivity contribution is -0.119. The molecule has 3 aromatic rings. The number of piperidine rings is 1. The predicted molar refractivity (Wildman–Crippen MR) is 122 cm³/mol. The molecule has 1 aliphatic heterocycles. The van der Waals surface area contributed by atoms with Gasteiger partial charge in [0.2, 0.25) is 11.8 Å². The number of rotatable bonds is 5. The maximum Gasteiger partial charge on any atom is 0.228 e. The van der Waals surface area contributed by atoms with Gasteiger partial charge in [-0.15, -0.1) is 0 Å². The second-order valence-corrected chi connectivity index (χ2v) is 7.79. The first-order valence-corrected chi connectivity index (χ1v) is 10.5. The van der Waals surface area contributed by atoms with Gasteiger partial charge in [-0.2, -0.15) is 0 Å². The van der Waals surface area contributed by atoms with Gasteiger partial charge in [0.1, 0.15) is 0 Å². The average molecular weight is 399 g/mol. The topological polar surface area (TPSA) is 49.4 Å². The molecule has 4 rings (SSSR count). The molecule has 0 saturated carbocycles. The number of nitrogens with zero attached hydrogens (tertiary/aromatic N) is 1. The summed E-state index contributed by atoms with van der Waals surface area (Å²) in [6.07, 6.45) is 2.87. The minimum Gasteiger partial charge on any atom is -0.326 e. The monoisotopic (exact) mass is 398 g/mol. The number of amides is 2. The normalized spacial score (nSPS) is 13.9. The maximum absolute atomic E-state index is 12.6. The minimum atomic E-state index is -0.0674. The van der Waals surface area contributed by atoms with Crippen molar-refractivity contribution >= 4 is 23.2 Å². The van der Waals surface area contributed by atoms with Crippen LogP contribution in [0.4, 0.5) is 11.4 Å². The zero-order valence-electron chi connectivity index (χ0n) is 17.2. The number of aryl methyl sites for hydroxylation is 1. The lowest BCUT2D eigenvalue weighted by Crippen LogP contribution is -2.35. The van der Waals surface area contributed by atoms with Crippen LogP contribution in [0.1, 0.15) is 30.4 Å². The number of anilines is 2. The third-order valence-corrected chi connectivity index (χ3v) is 5.53. The van der Waals surface area contributed by atoms with Crippen molar-refractivity contribution < 1.29 is 9.59 Å². The zero-order valence-corrected chi connectivity index (χ0v) is 17.2. The van der Waals surface area contributed by atoms with E-state index in [0.29, 0.717) is 12.8 Å². The summed E-state index contributed by atoms with van der Waals surface area (Å²) in [5.74, 6) is 0.0913. The maximum atomic E-state index is 12.6. The minimum absolute atomic E-state index is 0.0674. The van der Waals surface area contributed by atoms with Crippen LogP contribution in [-0.2, 0) is 16.0 Å². The van der Waals surface area contributed by atoms with Gasteiger partial charge in [0, 0.05) is 24.3 Å².